The van der Waals surface area contributed by atoms with Gasteiger partial charge in [-0.05, 0) is 50.1 Å². The van der Waals surface area contributed by atoms with Crippen LogP contribution in [0.3, 0.4) is 0 Å². The van der Waals surface area contributed by atoms with E-state index in [4.69, 9.17) is 16.3 Å². The van der Waals surface area contributed by atoms with Crippen LogP contribution >= 0.6 is 11.6 Å². The summed E-state index contributed by atoms with van der Waals surface area (Å²) in [5.41, 5.74) is 1.95. The molecule has 138 valence electrons. The molecule has 0 spiro atoms. The average Bonchev–Trinajstić information content (AvgIpc) is 2.60. The summed E-state index contributed by atoms with van der Waals surface area (Å²) in [7, 11) is 0. The lowest BCUT2D eigenvalue weighted by Gasteiger charge is -2.17. The van der Waals surface area contributed by atoms with E-state index in [0.717, 1.165) is 12.0 Å². The molecule has 6 heteroatoms. The maximum absolute atomic E-state index is 12.4. The molecule has 0 aliphatic carbocycles. The largest absolute Gasteiger partial charge is 0.481 e. The fourth-order valence-corrected chi connectivity index (χ4v) is 2.48. The summed E-state index contributed by atoms with van der Waals surface area (Å²) in [6.07, 6.45) is 0.494. The second kappa shape index (κ2) is 9.25. The molecule has 5 nitrogen and oxygen atoms in total. The molecule has 26 heavy (non-hydrogen) atoms. The minimum atomic E-state index is -0.703. The number of rotatable bonds is 7. The lowest BCUT2D eigenvalue weighted by Crippen LogP contribution is -2.30. The molecule has 0 aliphatic rings. The standard InChI is InChI=1S/C20H23ClN2O3/c1-4-7-19(24)22-15-10-11-16(21)17(12-15)23-20(25)14(3)26-18-9-6-5-8-13(18)2/h5-6,8-12,14H,4,7H2,1-3H3,(H,22,24)(H,23,25). The monoisotopic (exact) mass is 374 g/mol. The summed E-state index contributed by atoms with van der Waals surface area (Å²) in [4.78, 5) is 24.2. The van der Waals surface area contributed by atoms with Crippen molar-refractivity contribution in [3.05, 3.63) is 53.1 Å². The topological polar surface area (TPSA) is 67.4 Å². The van der Waals surface area contributed by atoms with Gasteiger partial charge in [0.2, 0.25) is 5.91 Å². The van der Waals surface area contributed by atoms with Crippen LogP contribution in [0.5, 0.6) is 5.75 Å². The summed E-state index contributed by atoms with van der Waals surface area (Å²) < 4.78 is 5.72. The second-order valence-corrected chi connectivity index (χ2v) is 6.41. The smallest absolute Gasteiger partial charge is 0.265 e. The molecule has 0 saturated heterocycles. The molecular formula is C20H23ClN2O3. The number of carbonyl (C=O) groups excluding carboxylic acids is 2. The Bertz CT molecular complexity index is 792. The van der Waals surface area contributed by atoms with Gasteiger partial charge in [0, 0.05) is 12.1 Å². The zero-order valence-corrected chi connectivity index (χ0v) is 15.9. The Labute approximate surface area is 158 Å². The molecule has 0 fully saturated rings. The molecule has 0 heterocycles. The molecular weight excluding hydrogens is 352 g/mol. The molecule has 0 bridgehead atoms. The highest BCUT2D eigenvalue weighted by atomic mass is 35.5. The van der Waals surface area contributed by atoms with Crippen molar-refractivity contribution in [2.75, 3.05) is 10.6 Å². The van der Waals surface area contributed by atoms with Crippen molar-refractivity contribution in [3.63, 3.8) is 0 Å². The zero-order valence-electron chi connectivity index (χ0n) is 15.1. The molecule has 2 N–H and O–H groups in total. The Kier molecular flexibility index (Phi) is 7.04. The first-order valence-electron chi connectivity index (χ1n) is 8.53. The summed E-state index contributed by atoms with van der Waals surface area (Å²) in [6.45, 7) is 5.52. The highest BCUT2D eigenvalue weighted by molar-refractivity contribution is 6.34. The zero-order chi connectivity index (χ0) is 19.1. The number of hydrogen-bond donors (Lipinski definition) is 2. The number of para-hydroxylation sites is 1. The van der Waals surface area contributed by atoms with Crippen LogP contribution in [0.15, 0.2) is 42.5 Å². The van der Waals surface area contributed by atoms with Gasteiger partial charge in [-0.2, -0.15) is 0 Å². The van der Waals surface area contributed by atoms with Crippen molar-refractivity contribution in [1.82, 2.24) is 0 Å². The Morgan fingerprint density at radius 2 is 1.88 bits per heavy atom. The van der Waals surface area contributed by atoms with Gasteiger partial charge in [-0.25, -0.2) is 0 Å². The van der Waals surface area contributed by atoms with E-state index in [1.165, 1.54) is 0 Å². The Morgan fingerprint density at radius 3 is 2.58 bits per heavy atom. The molecule has 1 atom stereocenters. The van der Waals surface area contributed by atoms with Crippen molar-refractivity contribution in [3.8, 4) is 5.75 Å². The van der Waals surface area contributed by atoms with Crippen LogP contribution in [-0.2, 0) is 9.59 Å². The molecule has 2 amide bonds. The Morgan fingerprint density at radius 1 is 1.15 bits per heavy atom. The fraction of sp³-hybridized carbons (Fsp3) is 0.300. The third-order valence-corrected chi connectivity index (χ3v) is 4.08. The van der Waals surface area contributed by atoms with E-state index in [1.54, 1.807) is 25.1 Å². The van der Waals surface area contributed by atoms with E-state index in [9.17, 15) is 9.59 Å². The summed E-state index contributed by atoms with van der Waals surface area (Å²) >= 11 is 6.16. The lowest BCUT2D eigenvalue weighted by molar-refractivity contribution is -0.122. The number of nitrogens with one attached hydrogen (secondary N) is 2. The predicted octanol–water partition coefficient (Wildman–Crippen LogP) is 4.79. The molecule has 0 aliphatic heterocycles. The van der Waals surface area contributed by atoms with Gasteiger partial charge in [0.1, 0.15) is 5.75 Å². The van der Waals surface area contributed by atoms with Gasteiger partial charge in [-0.1, -0.05) is 36.7 Å². The van der Waals surface area contributed by atoms with E-state index in [1.807, 2.05) is 38.1 Å². The minimum absolute atomic E-state index is 0.0802. The maximum Gasteiger partial charge on any atom is 0.265 e. The predicted molar refractivity (Wildman–Crippen MR) is 105 cm³/mol. The van der Waals surface area contributed by atoms with Crippen molar-refractivity contribution >= 4 is 34.8 Å². The maximum atomic E-state index is 12.4. The first-order chi connectivity index (χ1) is 12.4. The number of amides is 2. The molecule has 0 saturated carbocycles. The second-order valence-electron chi connectivity index (χ2n) is 6.01. The number of benzene rings is 2. The molecule has 1 unspecified atom stereocenters. The normalized spacial score (nSPS) is 11.5. The van der Waals surface area contributed by atoms with Gasteiger partial charge in [0.05, 0.1) is 10.7 Å². The lowest BCUT2D eigenvalue weighted by atomic mass is 10.2. The van der Waals surface area contributed by atoms with Crippen LogP contribution in [0, 0.1) is 6.92 Å². The molecule has 2 aromatic carbocycles. The van der Waals surface area contributed by atoms with E-state index in [2.05, 4.69) is 10.6 Å². The molecule has 2 aromatic rings. The third-order valence-electron chi connectivity index (χ3n) is 3.75. The minimum Gasteiger partial charge on any atom is -0.481 e. The van der Waals surface area contributed by atoms with Crippen LogP contribution in [0.25, 0.3) is 0 Å². The van der Waals surface area contributed by atoms with Crippen LogP contribution in [0.1, 0.15) is 32.3 Å². The van der Waals surface area contributed by atoms with Gasteiger partial charge in [0.15, 0.2) is 6.10 Å². The summed E-state index contributed by atoms with van der Waals surface area (Å²) in [5.74, 6) is 0.248. The number of ether oxygens (including phenoxy) is 1. The number of anilines is 2. The molecule has 2 rings (SSSR count). The third kappa shape index (κ3) is 5.49. The fourth-order valence-electron chi connectivity index (χ4n) is 2.32. The Balaban J connectivity index is 2.05. The van der Waals surface area contributed by atoms with Gasteiger partial charge in [-0.3, -0.25) is 9.59 Å². The SMILES string of the molecule is CCCC(=O)Nc1ccc(Cl)c(NC(=O)C(C)Oc2ccccc2C)c1. The highest BCUT2D eigenvalue weighted by Crippen LogP contribution is 2.26. The number of hydrogen-bond acceptors (Lipinski definition) is 3. The van der Waals surface area contributed by atoms with Gasteiger partial charge < -0.3 is 15.4 Å². The first-order valence-corrected chi connectivity index (χ1v) is 8.91. The van der Waals surface area contributed by atoms with Crippen molar-refractivity contribution in [2.45, 2.75) is 39.7 Å². The van der Waals surface area contributed by atoms with E-state index in [-0.39, 0.29) is 11.8 Å². The van der Waals surface area contributed by atoms with Gasteiger partial charge in [-0.15, -0.1) is 0 Å². The summed E-state index contributed by atoms with van der Waals surface area (Å²) in [6, 6.07) is 12.4. The van der Waals surface area contributed by atoms with Crippen molar-refractivity contribution < 1.29 is 14.3 Å². The molecule has 0 radical (unpaired) electrons. The van der Waals surface area contributed by atoms with Crippen LogP contribution in [-0.4, -0.2) is 17.9 Å². The van der Waals surface area contributed by atoms with Gasteiger partial charge >= 0.3 is 0 Å². The number of carbonyl (C=O) groups is 2. The highest BCUT2D eigenvalue weighted by Gasteiger charge is 2.17. The quantitative estimate of drug-likeness (QED) is 0.731. The van der Waals surface area contributed by atoms with E-state index < -0.39 is 6.10 Å². The van der Waals surface area contributed by atoms with E-state index >= 15 is 0 Å². The Hall–Kier alpha value is -2.53. The number of halogens is 1. The van der Waals surface area contributed by atoms with Crippen molar-refractivity contribution in [2.24, 2.45) is 0 Å². The van der Waals surface area contributed by atoms with Crippen LogP contribution < -0.4 is 15.4 Å². The van der Waals surface area contributed by atoms with Gasteiger partial charge in [0.25, 0.3) is 5.91 Å². The average molecular weight is 375 g/mol. The first kappa shape index (κ1) is 19.8. The van der Waals surface area contributed by atoms with Crippen molar-refractivity contribution in [1.29, 1.82) is 0 Å². The van der Waals surface area contributed by atoms with E-state index in [0.29, 0.717) is 28.6 Å². The number of aryl methyl sites for hydroxylation is 1. The summed E-state index contributed by atoms with van der Waals surface area (Å²) in [5, 5.41) is 5.91. The van der Waals surface area contributed by atoms with Crippen LogP contribution in [0.4, 0.5) is 11.4 Å². The van der Waals surface area contributed by atoms with Crippen LogP contribution in [0.2, 0.25) is 5.02 Å². The molecule has 0 aromatic heterocycles.